The van der Waals surface area contributed by atoms with E-state index in [0.29, 0.717) is 42.5 Å². The Labute approximate surface area is 201 Å². The Balaban J connectivity index is 1.63. The summed E-state index contributed by atoms with van der Waals surface area (Å²) in [4.78, 5) is 24.2. The minimum Gasteiger partial charge on any atom is -0.346 e. The Morgan fingerprint density at radius 1 is 1.24 bits per heavy atom. The van der Waals surface area contributed by atoms with Crippen molar-refractivity contribution >= 4 is 28.5 Å². The minimum absolute atomic E-state index is 0.0546. The number of rotatable bonds is 5. The summed E-state index contributed by atoms with van der Waals surface area (Å²) >= 11 is 6.01. The van der Waals surface area contributed by atoms with Gasteiger partial charge in [0.2, 0.25) is 5.91 Å². The van der Waals surface area contributed by atoms with E-state index in [-0.39, 0.29) is 5.91 Å². The fourth-order valence-corrected chi connectivity index (χ4v) is 4.47. The molecule has 7 nitrogen and oxygen atoms in total. The molecule has 0 unspecified atom stereocenters. The normalized spacial score (nSPS) is 13.9. The van der Waals surface area contributed by atoms with Crippen LogP contribution in [0.5, 0.6) is 0 Å². The van der Waals surface area contributed by atoms with Crippen LogP contribution in [0.15, 0.2) is 54.9 Å². The number of fused-ring (bicyclic) bond motifs is 2. The number of likely N-dealkylation sites (N-methyl/N-ethyl adjacent to an activating group) is 1. The summed E-state index contributed by atoms with van der Waals surface area (Å²) < 4.78 is 16.9. The van der Waals surface area contributed by atoms with Gasteiger partial charge >= 0.3 is 0 Å². The summed E-state index contributed by atoms with van der Waals surface area (Å²) in [6.07, 6.45) is 7.01. The number of pyridine rings is 1. The number of hydrogen-bond acceptors (Lipinski definition) is 4. The Morgan fingerprint density at radius 2 is 2.09 bits per heavy atom. The van der Waals surface area contributed by atoms with Gasteiger partial charge < -0.3 is 14.8 Å². The van der Waals surface area contributed by atoms with E-state index in [4.69, 9.17) is 16.7 Å². The van der Waals surface area contributed by atoms with Crippen molar-refractivity contribution in [3.05, 3.63) is 71.4 Å². The van der Waals surface area contributed by atoms with Gasteiger partial charge in [-0.3, -0.25) is 9.48 Å². The number of carbonyl (C=O) groups excluding carboxylic acids is 1. The van der Waals surface area contributed by atoms with Crippen LogP contribution in [0.25, 0.3) is 33.4 Å². The molecule has 1 aliphatic heterocycles. The number of hydrogen-bond donors (Lipinski definition) is 1. The maximum Gasteiger partial charge on any atom is 0.246 e. The molecule has 1 N–H and O–H groups in total. The van der Waals surface area contributed by atoms with Crippen molar-refractivity contribution in [1.29, 1.82) is 0 Å². The number of nitrogens with zero attached hydrogens (tertiary/aromatic N) is 5. The molecule has 1 amide bonds. The van der Waals surface area contributed by atoms with E-state index in [0.717, 1.165) is 27.9 Å². The number of aromatic amines is 1. The van der Waals surface area contributed by atoms with Crippen LogP contribution in [0.4, 0.5) is 4.39 Å². The first-order chi connectivity index (χ1) is 16.4. The minimum atomic E-state index is -0.442. The highest BCUT2D eigenvalue weighted by atomic mass is 35.5. The number of benzene rings is 1. The van der Waals surface area contributed by atoms with Gasteiger partial charge in [-0.05, 0) is 50.0 Å². The Bertz CT molecular complexity index is 1410. The van der Waals surface area contributed by atoms with Crippen LogP contribution < -0.4 is 0 Å². The fraction of sp³-hybridized carbons (Fsp3) is 0.240. The van der Waals surface area contributed by atoms with Crippen LogP contribution >= 0.6 is 11.6 Å². The van der Waals surface area contributed by atoms with Crippen LogP contribution in [-0.4, -0.2) is 62.6 Å². The molecule has 4 aromatic rings. The summed E-state index contributed by atoms with van der Waals surface area (Å²) in [6, 6.07) is 8.45. The Kier molecular flexibility index (Phi) is 5.93. The van der Waals surface area contributed by atoms with E-state index in [1.807, 2.05) is 48.1 Å². The van der Waals surface area contributed by atoms with Gasteiger partial charge in [-0.2, -0.15) is 5.10 Å². The van der Waals surface area contributed by atoms with E-state index >= 15 is 4.39 Å². The lowest BCUT2D eigenvalue weighted by atomic mass is 9.96. The number of H-pyrrole nitrogens is 1. The lowest BCUT2D eigenvalue weighted by Crippen LogP contribution is -2.37. The van der Waals surface area contributed by atoms with E-state index in [2.05, 4.69) is 9.97 Å². The Morgan fingerprint density at radius 3 is 2.88 bits per heavy atom. The molecule has 34 heavy (non-hydrogen) atoms. The zero-order chi connectivity index (χ0) is 23.8. The second kappa shape index (κ2) is 9.04. The number of nitrogens with one attached hydrogen (secondary N) is 1. The van der Waals surface area contributed by atoms with Crippen molar-refractivity contribution < 1.29 is 9.18 Å². The second-order valence-corrected chi connectivity index (χ2v) is 8.98. The molecule has 0 saturated carbocycles. The van der Waals surface area contributed by atoms with Crippen LogP contribution in [0.1, 0.15) is 5.69 Å². The lowest BCUT2D eigenvalue weighted by molar-refractivity contribution is -0.127. The summed E-state index contributed by atoms with van der Waals surface area (Å²) in [5.41, 5.74) is 4.16. The molecule has 0 fully saturated rings. The SMILES string of the molecule is CN(C)C/C=C/C(=O)N1CCn2nc(-c3ccc(Cl)cc3F)c(-c3ccnc4[nH]ccc34)c2C1. The standard InChI is InChI=1S/C25H24ClFN6O/c1-31(2)11-3-4-22(34)32-12-13-33-21(15-32)23(17-7-9-28-25-18(17)8-10-29-25)24(30-33)19-6-5-16(26)14-20(19)27/h3-10,14H,11-13,15H2,1-2H3,(H,28,29)/b4-3+. The maximum atomic E-state index is 15.0. The van der Waals surface area contributed by atoms with E-state index < -0.39 is 5.82 Å². The summed E-state index contributed by atoms with van der Waals surface area (Å²) in [6.45, 7) is 2.10. The van der Waals surface area contributed by atoms with Crippen molar-refractivity contribution in [2.45, 2.75) is 13.1 Å². The first-order valence-corrected chi connectivity index (χ1v) is 11.4. The first kappa shape index (κ1) is 22.3. The predicted molar refractivity (Wildman–Crippen MR) is 131 cm³/mol. The molecule has 0 bridgehead atoms. The van der Waals surface area contributed by atoms with Gasteiger partial charge in [0.05, 0.1) is 18.8 Å². The molecular formula is C25H24ClFN6O. The molecule has 4 heterocycles. The average Bonchev–Trinajstić information content (AvgIpc) is 3.43. The number of carbonyl (C=O) groups is 1. The first-order valence-electron chi connectivity index (χ1n) is 11.0. The largest absolute Gasteiger partial charge is 0.346 e. The van der Waals surface area contributed by atoms with Gasteiger partial charge in [0.1, 0.15) is 17.2 Å². The molecule has 0 spiro atoms. The molecule has 9 heteroatoms. The fourth-order valence-electron chi connectivity index (χ4n) is 4.31. The average molecular weight is 479 g/mol. The van der Waals surface area contributed by atoms with Gasteiger partial charge in [-0.1, -0.05) is 17.7 Å². The zero-order valence-corrected chi connectivity index (χ0v) is 19.7. The quantitative estimate of drug-likeness (QED) is 0.433. The molecule has 0 atom stereocenters. The molecule has 3 aromatic heterocycles. The predicted octanol–water partition coefficient (Wildman–Crippen LogP) is 4.35. The molecular weight excluding hydrogens is 455 g/mol. The third-order valence-corrected chi connectivity index (χ3v) is 6.17. The smallest absolute Gasteiger partial charge is 0.246 e. The number of aromatic nitrogens is 4. The second-order valence-electron chi connectivity index (χ2n) is 8.54. The monoisotopic (exact) mass is 478 g/mol. The third-order valence-electron chi connectivity index (χ3n) is 5.94. The van der Waals surface area contributed by atoms with Crippen molar-refractivity contribution in [3.8, 4) is 22.4 Å². The highest BCUT2D eigenvalue weighted by Gasteiger charge is 2.29. The third kappa shape index (κ3) is 4.10. The summed E-state index contributed by atoms with van der Waals surface area (Å²) in [5, 5.41) is 6.03. The highest BCUT2D eigenvalue weighted by molar-refractivity contribution is 6.30. The van der Waals surface area contributed by atoms with E-state index in [1.54, 1.807) is 29.3 Å². The van der Waals surface area contributed by atoms with Crippen molar-refractivity contribution in [2.24, 2.45) is 0 Å². The maximum absolute atomic E-state index is 15.0. The van der Waals surface area contributed by atoms with Crippen molar-refractivity contribution in [2.75, 3.05) is 27.2 Å². The van der Waals surface area contributed by atoms with Crippen LogP contribution in [0.3, 0.4) is 0 Å². The lowest BCUT2D eigenvalue weighted by Gasteiger charge is -2.27. The summed E-state index contributed by atoms with van der Waals surface area (Å²) in [5.74, 6) is -0.496. The number of halogens is 2. The van der Waals surface area contributed by atoms with E-state index in [1.165, 1.54) is 6.07 Å². The van der Waals surface area contributed by atoms with Gasteiger partial charge in [-0.25, -0.2) is 9.37 Å². The van der Waals surface area contributed by atoms with Crippen LogP contribution in [-0.2, 0) is 17.9 Å². The topological polar surface area (TPSA) is 70.1 Å². The Hall–Kier alpha value is -3.49. The van der Waals surface area contributed by atoms with Crippen LogP contribution in [0.2, 0.25) is 5.02 Å². The van der Waals surface area contributed by atoms with Gasteiger partial charge in [0.25, 0.3) is 0 Å². The van der Waals surface area contributed by atoms with Crippen LogP contribution in [0, 0.1) is 5.82 Å². The molecule has 1 aromatic carbocycles. The van der Waals surface area contributed by atoms with Gasteiger partial charge in [0.15, 0.2) is 0 Å². The van der Waals surface area contributed by atoms with Gasteiger partial charge in [-0.15, -0.1) is 0 Å². The van der Waals surface area contributed by atoms with Crippen molar-refractivity contribution in [3.63, 3.8) is 0 Å². The molecule has 0 saturated heterocycles. The number of amides is 1. The van der Waals surface area contributed by atoms with Crippen molar-refractivity contribution in [1.82, 2.24) is 29.5 Å². The molecule has 0 aliphatic carbocycles. The molecule has 1 aliphatic rings. The molecule has 5 rings (SSSR count). The van der Waals surface area contributed by atoms with E-state index in [9.17, 15) is 4.79 Å². The zero-order valence-electron chi connectivity index (χ0n) is 18.9. The molecule has 174 valence electrons. The highest BCUT2D eigenvalue weighted by Crippen LogP contribution is 2.40. The molecule has 0 radical (unpaired) electrons. The summed E-state index contributed by atoms with van der Waals surface area (Å²) in [7, 11) is 3.91. The van der Waals surface area contributed by atoms with Gasteiger partial charge in [0, 0.05) is 53.1 Å².